The van der Waals surface area contributed by atoms with Crippen LogP contribution in [0, 0.1) is 6.92 Å². The molecule has 27 heavy (non-hydrogen) atoms. The molecule has 0 spiro atoms. The highest BCUT2D eigenvalue weighted by Crippen LogP contribution is 2.23. The Morgan fingerprint density at radius 2 is 2.07 bits per heavy atom. The largest absolute Gasteiger partial charge is 0.493 e. The van der Waals surface area contributed by atoms with Crippen LogP contribution in [0.15, 0.2) is 47.6 Å². The Morgan fingerprint density at radius 3 is 2.96 bits per heavy atom. The molecule has 7 nitrogen and oxygen atoms in total. The normalized spacial score (nSPS) is 11.5. The third-order valence-electron chi connectivity index (χ3n) is 4.12. The van der Waals surface area contributed by atoms with Gasteiger partial charge in [-0.2, -0.15) is 10.1 Å². The summed E-state index contributed by atoms with van der Waals surface area (Å²) in [5.74, 6) is 1.12. The number of fused-ring (bicyclic) bond motifs is 3. The lowest BCUT2D eigenvalue weighted by atomic mass is 10.2. The van der Waals surface area contributed by atoms with Gasteiger partial charge in [0.05, 0.1) is 12.8 Å². The first-order valence-corrected chi connectivity index (χ1v) is 8.88. The molecule has 2 aromatic carbocycles. The van der Waals surface area contributed by atoms with Gasteiger partial charge in [0.2, 0.25) is 0 Å². The SMILES string of the molecule is CCCOc1ccccc1/C=N\Nc1nnc2c(n1)[nH]c1ccc(C)cc12. The van der Waals surface area contributed by atoms with Crippen LogP contribution < -0.4 is 10.2 Å². The fraction of sp³-hybridized carbons (Fsp3) is 0.200. The van der Waals surface area contributed by atoms with E-state index in [9.17, 15) is 0 Å². The van der Waals surface area contributed by atoms with Gasteiger partial charge in [0.1, 0.15) is 11.3 Å². The van der Waals surface area contributed by atoms with Crippen molar-refractivity contribution in [1.82, 2.24) is 20.2 Å². The Morgan fingerprint density at radius 1 is 1.19 bits per heavy atom. The van der Waals surface area contributed by atoms with E-state index in [1.807, 2.05) is 43.3 Å². The summed E-state index contributed by atoms with van der Waals surface area (Å²) in [6.45, 7) is 4.79. The Bertz CT molecular complexity index is 1120. The third-order valence-corrected chi connectivity index (χ3v) is 4.12. The maximum atomic E-state index is 5.72. The van der Waals surface area contributed by atoms with Crippen molar-refractivity contribution in [3.05, 3.63) is 53.6 Å². The first-order valence-electron chi connectivity index (χ1n) is 8.88. The third kappa shape index (κ3) is 3.57. The molecule has 0 radical (unpaired) electrons. The fourth-order valence-electron chi connectivity index (χ4n) is 2.82. The molecule has 0 unspecified atom stereocenters. The number of aromatic amines is 1. The van der Waals surface area contributed by atoms with Crippen molar-refractivity contribution in [3.63, 3.8) is 0 Å². The lowest BCUT2D eigenvalue weighted by molar-refractivity contribution is 0.317. The average molecular weight is 360 g/mol. The minimum absolute atomic E-state index is 0.328. The van der Waals surface area contributed by atoms with Crippen LogP contribution >= 0.6 is 0 Å². The van der Waals surface area contributed by atoms with E-state index >= 15 is 0 Å². The highest BCUT2D eigenvalue weighted by Gasteiger charge is 2.09. The molecule has 7 heteroatoms. The second-order valence-corrected chi connectivity index (χ2v) is 6.26. The predicted octanol–water partition coefficient (Wildman–Crippen LogP) is 4.05. The van der Waals surface area contributed by atoms with E-state index in [4.69, 9.17) is 4.74 Å². The Kier molecular flexibility index (Phi) is 4.65. The molecular formula is C20H20N6O. The lowest BCUT2D eigenvalue weighted by Gasteiger charge is -2.07. The monoisotopic (exact) mass is 360 g/mol. The minimum atomic E-state index is 0.328. The summed E-state index contributed by atoms with van der Waals surface area (Å²) in [5, 5.41) is 13.7. The second-order valence-electron chi connectivity index (χ2n) is 6.26. The molecular weight excluding hydrogens is 340 g/mol. The van der Waals surface area contributed by atoms with Crippen molar-refractivity contribution in [2.75, 3.05) is 12.0 Å². The van der Waals surface area contributed by atoms with Gasteiger partial charge in [-0.05, 0) is 37.6 Å². The second kappa shape index (κ2) is 7.41. The molecule has 2 heterocycles. The summed E-state index contributed by atoms with van der Waals surface area (Å²) < 4.78 is 5.72. The molecule has 0 aliphatic carbocycles. The van der Waals surface area contributed by atoms with Gasteiger partial charge in [-0.25, -0.2) is 5.43 Å². The van der Waals surface area contributed by atoms with Crippen LogP contribution in [-0.4, -0.2) is 33.0 Å². The zero-order valence-corrected chi connectivity index (χ0v) is 15.2. The van der Waals surface area contributed by atoms with Gasteiger partial charge in [-0.3, -0.25) is 0 Å². The molecule has 0 aliphatic heterocycles. The molecule has 2 aromatic heterocycles. The minimum Gasteiger partial charge on any atom is -0.493 e. The van der Waals surface area contributed by atoms with Crippen LogP contribution in [0.3, 0.4) is 0 Å². The van der Waals surface area contributed by atoms with Crippen molar-refractivity contribution >= 4 is 34.2 Å². The Labute approximate surface area is 156 Å². The molecule has 4 rings (SSSR count). The summed E-state index contributed by atoms with van der Waals surface area (Å²) in [5.41, 5.74) is 7.30. The molecule has 4 aromatic rings. The maximum Gasteiger partial charge on any atom is 0.265 e. The first-order chi connectivity index (χ1) is 13.2. The summed E-state index contributed by atoms with van der Waals surface area (Å²) in [6.07, 6.45) is 2.64. The van der Waals surface area contributed by atoms with Crippen LogP contribution in [0.1, 0.15) is 24.5 Å². The number of aryl methyl sites for hydroxylation is 1. The number of para-hydroxylation sites is 1. The Balaban J connectivity index is 1.56. The zero-order chi connectivity index (χ0) is 18.6. The summed E-state index contributed by atoms with van der Waals surface area (Å²) in [6, 6.07) is 13.9. The van der Waals surface area contributed by atoms with Gasteiger partial charge in [-0.15, -0.1) is 10.2 Å². The summed E-state index contributed by atoms with van der Waals surface area (Å²) >= 11 is 0. The van der Waals surface area contributed by atoms with Gasteiger partial charge < -0.3 is 9.72 Å². The number of nitrogens with zero attached hydrogens (tertiary/aromatic N) is 4. The number of anilines is 1. The molecule has 0 atom stereocenters. The molecule has 0 saturated carbocycles. The number of ether oxygens (including phenoxy) is 1. The van der Waals surface area contributed by atoms with Crippen LogP contribution in [0.25, 0.3) is 22.1 Å². The number of benzene rings is 2. The van der Waals surface area contributed by atoms with E-state index < -0.39 is 0 Å². The van der Waals surface area contributed by atoms with E-state index in [0.29, 0.717) is 18.2 Å². The number of aromatic nitrogens is 4. The quantitative estimate of drug-likeness (QED) is 0.400. The van der Waals surface area contributed by atoms with E-state index in [1.165, 1.54) is 5.56 Å². The molecule has 0 bridgehead atoms. The van der Waals surface area contributed by atoms with Crippen LogP contribution in [0.4, 0.5) is 5.95 Å². The van der Waals surface area contributed by atoms with E-state index in [1.54, 1.807) is 6.21 Å². The number of hydrogen-bond donors (Lipinski definition) is 2. The van der Waals surface area contributed by atoms with Crippen LogP contribution in [0.5, 0.6) is 5.75 Å². The summed E-state index contributed by atoms with van der Waals surface area (Å²) in [4.78, 5) is 7.72. The van der Waals surface area contributed by atoms with Gasteiger partial charge >= 0.3 is 0 Å². The molecule has 0 fully saturated rings. The lowest BCUT2D eigenvalue weighted by Crippen LogP contribution is -2.01. The number of nitrogens with one attached hydrogen (secondary N) is 2. The number of rotatable bonds is 6. The van der Waals surface area contributed by atoms with E-state index in [2.05, 4.69) is 43.7 Å². The molecule has 0 saturated heterocycles. The van der Waals surface area contributed by atoms with Gasteiger partial charge in [0.25, 0.3) is 5.95 Å². The maximum absolute atomic E-state index is 5.72. The van der Waals surface area contributed by atoms with Crippen molar-refractivity contribution in [2.45, 2.75) is 20.3 Å². The van der Waals surface area contributed by atoms with E-state index in [0.717, 1.165) is 34.2 Å². The molecule has 2 N–H and O–H groups in total. The number of H-pyrrole nitrogens is 1. The zero-order valence-electron chi connectivity index (χ0n) is 15.2. The van der Waals surface area contributed by atoms with Gasteiger partial charge in [-0.1, -0.05) is 30.7 Å². The average Bonchev–Trinajstić information content (AvgIpc) is 3.04. The smallest absolute Gasteiger partial charge is 0.265 e. The van der Waals surface area contributed by atoms with E-state index in [-0.39, 0.29) is 0 Å². The van der Waals surface area contributed by atoms with Gasteiger partial charge in [0, 0.05) is 16.5 Å². The standard InChI is InChI=1S/C20H20N6O/c1-3-10-27-17-7-5-4-6-14(17)12-21-25-20-23-19-18(24-26-20)15-11-13(2)8-9-16(15)22-19/h4-9,11-12H,3,10H2,1-2H3,(H2,22,23,25,26)/b21-12-. The van der Waals surface area contributed by atoms with Crippen molar-refractivity contribution < 1.29 is 4.74 Å². The van der Waals surface area contributed by atoms with Crippen LogP contribution in [-0.2, 0) is 0 Å². The number of hydrazone groups is 1. The summed E-state index contributed by atoms with van der Waals surface area (Å²) in [7, 11) is 0. The first kappa shape index (κ1) is 17.0. The predicted molar refractivity (Wildman–Crippen MR) is 107 cm³/mol. The van der Waals surface area contributed by atoms with Crippen molar-refractivity contribution in [2.24, 2.45) is 5.10 Å². The highest BCUT2D eigenvalue weighted by atomic mass is 16.5. The van der Waals surface area contributed by atoms with Crippen molar-refractivity contribution in [1.29, 1.82) is 0 Å². The molecule has 0 aliphatic rings. The van der Waals surface area contributed by atoms with Gasteiger partial charge in [0.15, 0.2) is 5.65 Å². The van der Waals surface area contributed by atoms with Crippen LogP contribution in [0.2, 0.25) is 0 Å². The fourth-order valence-corrected chi connectivity index (χ4v) is 2.82. The topological polar surface area (TPSA) is 88.1 Å². The molecule has 136 valence electrons. The molecule has 0 amide bonds. The van der Waals surface area contributed by atoms with Crippen molar-refractivity contribution in [3.8, 4) is 5.75 Å². The Hall–Kier alpha value is -3.48. The number of hydrogen-bond acceptors (Lipinski definition) is 6. The highest BCUT2D eigenvalue weighted by molar-refractivity contribution is 6.03.